The molecule has 0 radical (unpaired) electrons. The molecule has 0 spiro atoms. The van der Waals surface area contributed by atoms with Gasteiger partial charge >= 0.3 is 21.1 Å². The molecule has 0 N–H and O–H groups in total. The van der Waals surface area contributed by atoms with Crippen LogP contribution in [0.4, 0.5) is 0 Å². The van der Waals surface area contributed by atoms with E-state index in [1.807, 2.05) is 48.8 Å². The Kier molecular flexibility index (Phi) is 6.54. The Morgan fingerprint density at radius 1 is 0.610 bits per heavy atom. The van der Waals surface area contributed by atoms with Crippen LogP contribution in [0, 0.1) is 12.1 Å². The van der Waals surface area contributed by atoms with Crippen molar-refractivity contribution < 1.29 is 21.1 Å². The van der Waals surface area contributed by atoms with Crippen molar-refractivity contribution >= 4 is 43.4 Å². The molecule has 0 atom stereocenters. The third-order valence-electron chi connectivity index (χ3n) is 7.12. The molecule has 4 aromatic heterocycles. The zero-order valence-electron chi connectivity index (χ0n) is 21.6. The Balaban J connectivity index is 0.00000276. The fourth-order valence-electron chi connectivity index (χ4n) is 5.33. The van der Waals surface area contributed by atoms with Crippen molar-refractivity contribution in [2.75, 3.05) is 0 Å². The molecule has 8 rings (SSSR count). The molecule has 0 aliphatic heterocycles. The Hall–Kier alpha value is -4.44. The van der Waals surface area contributed by atoms with E-state index < -0.39 is 0 Å². The first-order valence-corrected chi connectivity index (χ1v) is 13.9. The standard InChI is InChI=1S/C35H20N4S.Pt/c1-2-16-33-31(15-1)38-35(40-33)24-17-18-26-27-11-8-12-28(30-14-4-6-20-37-30)34(27)39(32(26)22-24)25-10-7-9-23(21-25)29-13-3-5-19-36-29;/h1-20H;/q-2;+2. The summed E-state index contributed by atoms with van der Waals surface area (Å²) in [4.78, 5) is 14.2. The van der Waals surface area contributed by atoms with Crippen molar-refractivity contribution in [1.82, 2.24) is 19.5 Å². The largest absolute Gasteiger partial charge is 2.00 e. The van der Waals surface area contributed by atoms with Crippen LogP contribution in [-0.2, 0) is 21.1 Å². The van der Waals surface area contributed by atoms with Gasteiger partial charge < -0.3 is 9.55 Å². The quantitative estimate of drug-likeness (QED) is 0.171. The van der Waals surface area contributed by atoms with Gasteiger partial charge in [0.2, 0.25) is 0 Å². The van der Waals surface area contributed by atoms with Crippen LogP contribution < -0.4 is 0 Å². The number of rotatable bonds is 4. The Morgan fingerprint density at radius 3 is 2.20 bits per heavy atom. The van der Waals surface area contributed by atoms with Gasteiger partial charge in [0.15, 0.2) is 0 Å². The monoisotopic (exact) mass is 723 g/mol. The van der Waals surface area contributed by atoms with Gasteiger partial charge in [-0.2, -0.15) is 11.3 Å². The van der Waals surface area contributed by atoms with Crippen molar-refractivity contribution in [1.29, 1.82) is 0 Å². The summed E-state index contributed by atoms with van der Waals surface area (Å²) in [7, 11) is 0. The van der Waals surface area contributed by atoms with E-state index >= 15 is 0 Å². The van der Waals surface area contributed by atoms with Crippen LogP contribution in [0.5, 0.6) is 0 Å². The van der Waals surface area contributed by atoms with Gasteiger partial charge in [-0.3, -0.25) is 9.97 Å². The average Bonchev–Trinajstić information content (AvgIpc) is 3.61. The molecular formula is C35H20N4PtS. The van der Waals surface area contributed by atoms with Gasteiger partial charge in [0.1, 0.15) is 0 Å². The van der Waals surface area contributed by atoms with Crippen molar-refractivity contribution in [2.24, 2.45) is 0 Å². The minimum Gasteiger partial charge on any atom is -0.345 e. The number of thiazole rings is 1. The maximum atomic E-state index is 4.92. The van der Waals surface area contributed by atoms with E-state index in [9.17, 15) is 0 Å². The van der Waals surface area contributed by atoms with Crippen LogP contribution >= 0.6 is 11.3 Å². The van der Waals surface area contributed by atoms with Crippen molar-refractivity contribution in [3.05, 3.63) is 134 Å². The third-order valence-corrected chi connectivity index (χ3v) is 8.19. The summed E-state index contributed by atoms with van der Waals surface area (Å²) in [6.07, 6.45) is 3.65. The Bertz CT molecular complexity index is 2140. The van der Waals surface area contributed by atoms with Crippen LogP contribution in [-0.4, -0.2) is 19.5 Å². The first-order valence-electron chi connectivity index (χ1n) is 13.0. The SMILES string of the molecule is [Pt+2].[c-]1c(-c2ccccn2)cccc1-n1c2[c-]c(-c3nc4ccccc4s3)ccc2c2cccc(-c3ccccn3)c21. The van der Waals surface area contributed by atoms with Crippen LogP contribution in [0.2, 0.25) is 0 Å². The van der Waals surface area contributed by atoms with Gasteiger partial charge in [-0.25, -0.2) is 0 Å². The van der Waals surface area contributed by atoms with E-state index in [-0.39, 0.29) is 21.1 Å². The van der Waals surface area contributed by atoms with Crippen LogP contribution in [0.1, 0.15) is 0 Å². The molecule has 0 saturated heterocycles. The fraction of sp³-hybridized carbons (Fsp3) is 0. The number of hydrogen-bond acceptors (Lipinski definition) is 4. The summed E-state index contributed by atoms with van der Waals surface area (Å²) < 4.78 is 3.43. The van der Waals surface area contributed by atoms with Gasteiger partial charge in [0.05, 0.1) is 16.7 Å². The summed E-state index contributed by atoms with van der Waals surface area (Å²) in [5.74, 6) is 0. The second-order valence-electron chi connectivity index (χ2n) is 9.54. The van der Waals surface area contributed by atoms with Crippen molar-refractivity contribution in [2.45, 2.75) is 0 Å². The maximum absolute atomic E-state index is 4.92. The van der Waals surface area contributed by atoms with Crippen molar-refractivity contribution in [3.8, 4) is 38.8 Å². The number of benzene rings is 4. The van der Waals surface area contributed by atoms with E-state index in [1.54, 1.807) is 11.3 Å². The number of pyridine rings is 2. The summed E-state index contributed by atoms with van der Waals surface area (Å²) in [5, 5.41) is 3.22. The van der Waals surface area contributed by atoms with Gasteiger partial charge in [0, 0.05) is 27.7 Å². The molecular weight excluding hydrogens is 704 g/mol. The predicted octanol–water partition coefficient (Wildman–Crippen LogP) is 8.78. The minimum absolute atomic E-state index is 0. The molecule has 6 heteroatoms. The second-order valence-corrected chi connectivity index (χ2v) is 10.6. The molecule has 8 aromatic rings. The molecule has 0 bridgehead atoms. The van der Waals surface area contributed by atoms with Crippen LogP contribution in [0.25, 0.3) is 70.8 Å². The molecule has 0 aliphatic carbocycles. The Morgan fingerprint density at radius 2 is 1.39 bits per heavy atom. The normalized spacial score (nSPS) is 11.2. The van der Waals surface area contributed by atoms with E-state index in [2.05, 4.69) is 94.5 Å². The van der Waals surface area contributed by atoms with Gasteiger partial charge in [-0.15, -0.1) is 53.6 Å². The predicted molar refractivity (Wildman–Crippen MR) is 164 cm³/mol. The number of para-hydroxylation sites is 2. The maximum Gasteiger partial charge on any atom is 2.00 e. The molecule has 4 heterocycles. The van der Waals surface area contributed by atoms with Crippen molar-refractivity contribution in [3.63, 3.8) is 0 Å². The van der Waals surface area contributed by atoms with Gasteiger partial charge in [-0.05, 0) is 52.6 Å². The van der Waals surface area contributed by atoms with Gasteiger partial charge in [0.25, 0.3) is 0 Å². The smallest absolute Gasteiger partial charge is 0.345 e. The van der Waals surface area contributed by atoms with Crippen LogP contribution in [0.15, 0.2) is 122 Å². The average molecular weight is 724 g/mol. The topological polar surface area (TPSA) is 43.6 Å². The molecule has 196 valence electrons. The first-order chi connectivity index (χ1) is 19.8. The molecule has 4 nitrogen and oxygen atoms in total. The molecule has 0 unspecified atom stereocenters. The number of nitrogens with zero attached hydrogens (tertiary/aromatic N) is 4. The number of fused-ring (bicyclic) bond motifs is 4. The van der Waals surface area contributed by atoms with E-state index in [1.165, 1.54) is 4.70 Å². The third kappa shape index (κ3) is 4.39. The molecule has 41 heavy (non-hydrogen) atoms. The molecule has 0 fully saturated rings. The molecule has 0 aliphatic rings. The van der Waals surface area contributed by atoms with E-state index in [0.29, 0.717) is 0 Å². The number of aromatic nitrogens is 4. The second kappa shape index (κ2) is 10.5. The Labute approximate surface area is 255 Å². The molecule has 0 saturated carbocycles. The summed E-state index contributed by atoms with van der Waals surface area (Å²) >= 11 is 1.69. The number of hydrogen-bond donors (Lipinski definition) is 0. The summed E-state index contributed by atoms with van der Waals surface area (Å²) in [5.41, 5.74) is 8.74. The first kappa shape index (κ1) is 25.5. The zero-order chi connectivity index (χ0) is 26.5. The zero-order valence-corrected chi connectivity index (χ0v) is 24.6. The van der Waals surface area contributed by atoms with Crippen LogP contribution in [0.3, 0.4) is 0 Å². The van der Waals surface area contributed by atoms with E-state index in [4.69, 9.17) is 9.97 Å². The summed E-state index contributed by atoms with van der Waals surface area (Å²) in [6.45, 7) is 0. The fourth-order valence-corrected chi connectivity index (χ4v) is 6.28. The van der Waals surface area contributed by atoms with E-state index in [0.717, 1.165) is 66.1 Å². The summed E-state index contributed by atoms with van der Waals surface area (Å²) in [6, 6.07) is 44.6. The van der Waals surface area contributed by atoms with Gasteiger partial charge in [-0.1, -0.05) is 53.9 Å². The molecule has 4 aromatic carbocycles. The minimum atomic E-state index is 0. The molecule has 0 amide bonds.